The molecule has 28 heavy (non-hydrogen) atoms. The fraction of sp³-hybridized carbons (Fsp3) is 0.421. The predicted molar refractivity (Wildman–Crippen MR) is 105 cm³/mol. The molecule has 3 rings (SSSR count). The van der Waals surface area contributed by atoms with Gasteiger partial charge in [-0.2, -0.15) is 0 Å². The monoisotopic (exact) mass is 404 g/mol. The minimum atomic E-state index is -0.491. The van der Waals surface area contributed by atoms with Gasteiger partial charge in [-0.1, -0.05) is 6.07 Å². The Bertz CT molecular complexity index is 810. The van der Waals surface area contributed by atoms with Crippen LogP contribution in [0.3, 0.4) is 0 Å². The van der Waals surface area contributed by atoms with Crippen LogP contribution in [0.2, 0.25) is 0 Å². The van der Waals surface area contributed by atoms with Crippen molar-refractivity contribution in [3.05, 3.63) is 46.0 Å². The Balaban J connectivity index is 1.33. The highest BCUT2D eigenvalue weighted by Gasteiger charge is 2.23. The molecule has 150 valence electrons. The largest absolute Gasteiger partial charge is 0.456 e. The Morgan fingerprint density at radius 3 is 2.64 bits per heavy atom. The molecule has 3 heterocycles. The minimum absolute atomic E-state index is 0.0475. The smallest absolute Gasteiger partial charge is 0.321 e. The van der Waals surface area contributed by atoms with Gasteiger partial charge in [0.15, 0.2) is 5.76 Å². The average Bonchev–Trinajstić information content (AvgIpc) is 3.33. The molecule has 2 aromatic heterocycles. The molecule has 1 aliphatic heterocycles. The second-order valence-corrected chi connectivity index (χ2v) is 7.78. The van der Waals surface area contributed by atoms with Gasteiger partial charge in [-0.25, -0.2) is 4.79 Å². The molecule has 0 saturated carbocycles. The summed E-state index contributed by atoms with van der Waals surface area (Å²) in [6.07, 6.45) is 1.48. The van der Waals surface area contributed by atoms with Crippen molar-refractivity contribution in [3.63, 3.8) is 0 Å². The Morgan fingerprint density at radius 1 is 1.21 bits per heavy atom. The van der Waals surface area contributed by atoms with E-state index in [9.17, 15) is 14.4 Å². The topological polar surface area (TPSA) is 104 Å². The summed E-state index contributed by atoms with van der Waals surface area (Å²) in [7, 11) is 0. The highest BCUT2D eigenvalue weighted by Crippen LogP contribution is 2.12. The normalized spacial score (nSPS) is 15.2. The first-order valence-corrected chi connectivity index (χ1v) is 10.1. The number of hydrogen-bond acceptors (Lipinski definition) is 6. The zero-order chi connectivity index (χ0) is 19.9. The number of nitrogens with zero attached hydrogens (tertiary/aromatic N) is 1. The molecule has 0 radical (unpaired) electrons. The van der Waals surface area contributed by atoms with Crippen molar-refractivity contribution >= 4 is 29.2 Å². The van der Waals surface area contributed by atoms with Crippen molar-refractivity contribution in [1.29, 1.82) is 0 Å². The Hall–Kier alpha value is -2.65. The lowest BCUT2D eigenvalue weighted by atomic mass is 10.0. The van der Waals surface area contributed by atoms with Gasteiger partial charge < -0.3 is 15.1 Å². The van der Waals surface area contributed by atoms with E-state index < -0.39 is 6.03 Å². The van der Waals surface area contributed by atoms with E-state index in [0.717, 1.165) is 17.7 Å². The molecule has 0 aromatic carbocycles. The molecule has 2 aromatic rings. The number of amides is 4. The molecule has 0 atom stereocenters. The van der Waals surface area contributed by atoms with Crippen molar-refractivity contribution in [3.8, 4) is 0 Å². The van der Waals surface area contributed by atoms with E-state index in [-0.39, 0.29) is 24.4 Å². The van der Waals surface area contributed by atoms with Gasteiger partial charge in [-0.3, -0.25) is 19.8 Å². The molecule has 1 fully saturated rings. The number of aryl methyl sites for hydroxylation is 1. The van der Waals surface area contributed by atoms with E-state index >= 15 is 0 Å². The lowest BCUT2D eigenvalue weighted by Crippen LogP contribution is -2.49. The van der Waals surface area contributed by atoms with Crippen LogP contribution in [0, 0.1) is 6.92 Å². The van der Waals surface area contributed by atoms with Crippen molar-refractivity contribution in [2.24, 2.45) is 0 Å². The molecule has 0 unspecified atom stereocenters. The summed E-state index contributed by atoms with van der Waals surface area (Å²) in [6.45, 7) is 3.70. The highest BCUT2D eigenvalue weighted by molar-refractivity contribution is 7.09. The summed E-state index contributed by atoms with van der Waals surface area (Å²) in [5.74, 6) is 0.460. The van der Waals surface area contributed by atoms with E-state index in [4.69, 9.17) is 4.42 Å². The number of carbonyl (C=O) groups excluding carboxylic acids is 3. The maximum Gasteiger partial charge on any atom is 0.321 e. The summed E-state index contributed by atoms with van der Waals surface area (Å²) in [6, 6.07) is 6.80. The van der Waals surface area contributed by atoms with Crippen LogP contribution in [0.15, 0.2) is 34.1 Å². The van der Waals surface area contributed by atoms with Gasteiger partial charge in [0.2, 0.25) is 5.91 Å². The number of thiophene rings is 1. The standard InChI is InChI=1S/C19H24N4O4S/c1-13-4-5-16(27-13)18(25)21-14-6-8-23(9-7-14)12-17(24)22-19(26)20-11-15-3-2-10-28-15/h2-5,10,14H,6-9,11-12H2,1H3,(H,21,25)(H2,20,22,24,26). The quantitative estimate of drug-likeness (QED) is 0.682. The summed E-state index contributed by atoms with van der Waals surface area (Å²) in [5, 5.41) is 9.91. The number of imide groups is 1. The van der Waals surface area contributed by atoms with Crippen LogP contribution >= 0.6 is 11.3 Å². The second kappa shape index (κ2) is 9.52. The van der Waals surface area contributed by atoms with Crippen LogP contribution in [0.1, 0.15) is 34.0 Å². The third-order valence-electron chi connectivity index (χ3n) is 4.51. The Labute approximate surface area is 167 Å². The summed E-state index contributed by atoms with van der Waals surface area (Å²) in [5.41, 5.74) is 0. The Kier molecular flexibility index (Phi) is 6.83. The van der Waals surface area contributed by atoms with Crippen LogP contribution in [0.4, 0.5) is 4.79 Å². The third kappa shape index (κ3) is 5.93. The first-order chi connectivity index (χ1) is 13.5. The molecule has 0 spiro atoms. The number of urea groups is 1. The molecule has 0 aliphatic carbocycles. The first-order valence-electron chi connectivity index (χ1n) is 9.19. The van der Waals surface area contributed by atoms with E-state index in [1.54, 1.807) is 30.4 Å². The number of piperidine rings is 1. The fourth-order valence-corrected chi connectivity index (χ4v) is 3.69. The van der Waals surface area contributed by atoms with Crippen molar-refractivity contribution in [2.75, 3.05) is 19.6 Å². The zero-order valence-electron chi connectivity index (χ0n) is 15.7. The van der Waals surface area contributed by atoms with Gasteiger partial charge in [0, 0.05) is 24.0 Å². The van der Waals surface area contributed by atoms with E-state index in [1.165, 1.54) is 0 Å². The minimum Gasteiger partial charge on any atom is -0.456 e. The molecular weight excluding hydrogens is 380 g/mol. The highest BCUT2D eigenvalue weighted by atomic mass is 32.1. The number of furan rings is 1. The molecule has 9 heteroatoms. The SMILES string of the molecule is Cc1ccc(C(=O)NC2CCN(CC(=O)NC(=O)NCc3cccs3)CC2)o1. The number of hydrogen-bond donors (Lipinski definition) is 3. The molecule has 8 nitrogen and oxygen atoms in total. The van der Waals surface area contributed by atoms with Crippen LogP contribution in [-0.2, 0) is 11.3 Å². The fourth-order valence-electron chi connectivity index (χ4n) is 3.04. The van der Waals surface area contributed by atoms with Crippen LogP contribution < -0.4 is 16.0 Å². The van der Waals surface area contributed by atoms with Gasteiger partial charge in [-0.05, 0) is 43.3 Å². The van der Waals surface area contributed by atoms with E-state index in [0.29, 0.717) is 31.2 Å². The van der Waals surface area contributed by atoms with E-state index in [1.807, 2.05) is 22.4 Å². The lowest BCUT2D eigenvalue weighted by Gasteiger charge is -2.31. The maximum atomic E-state index is 12.1. The molecular formula is C19H24N4O4S. The molecule has 1 saturated heterocycles. The number of rotatable bonds is 6. The molecule has 1 aliphatic rings. The Morgan fingerprint density at radius 2 is 2.00 bits per heavy atom. The molecule has 3 N–H and O–H groups in total. The van der Waals surface area contributed by atoms with Crippen molar-refractivity contribution < 1.29 is 18.8 Å². The predicted octanol–water partition coefficient (Wildman–Crippen LogP) is 1.87. The van der Waals surface area contributed by atoms with E-state index in [2.05, 4.69) is 16.0 Å². The average molecular weight is 404 g/mol. The third-order valence-corrected chi connectivity index (χ3v) is 5.39. The van der Waals surface area contributed by atoms with Crippen molar-refractivity contribution in [1.82, 2.24) is 20.9 Å². The summed E-state index contributed by atoms with van der Waals surface area (Å²) >= 11 is 1.54. The van der Waals surface area contributed by atoms with Gasteiger partial charge in [0.05, 0.1) is 13.1 Å². The maximum absolute atomic E-state index is 12.1. The summed E-state index contributed by atoms with van der Waals surface area (Å²) in [4.78, 5) is 38.9. The van der Waals surface area contributed by atoms with Crippen LogP contribution in [0.25, 0.3) is 0 Å². The number of likely N-dealkylation sites (tertiary alicyclic amines) is 1. The lowest BCUT2D eigenvalue weighted by molar-refractivity contribution is -0.121. The van der Waals surface area contributed by atoms with Gasteiger partial charge in [0.1, 0.15) is 5.76 Å². The first kappa shape index (κ1) is 20.1. The zero-order valence-corrected chi connectivity index (χ0v) is 16.5. The molecule has 0 bridgehead atoms. The number of nitrogens with one attached hydrogen (secondary N) is 3. The van der Waals surface area contributed by atoms with Crippen LogP contribution in [-0.4, -0.2) is 48.4 Å². The van der Waals surface area contributed by atoms with Gasteiger partial charge in [-0.15, -0.1) is 11.3 Å². The van der Waals surface area contributed by atoms with Gasteiger partial charge >= 0.3 is 6.03 Å². The summed E-state index contributed by atoms with van der Waals surface area (Å²) < 4.78 is 5.33. The molecule has 4 amide bonds. The second-order valence-electron chi connectivity index (χ2n) is 6.74. The number of carbonyl (C=O) groups is 3. The van der Waals surface area contributed by atoms with Gasteiger partial charge in [0.25, 0.3) is 5.91 Å². The van der Waals surface area contributed by atoms with Crippen molar-refractivity contribution in [2.45, 2.75) is 32.4 Å². The van der Waals surface area contributed by atoms with Crippen LogP contribution in [0.5, 0.6) is 0 Å².